The quantitative estimate of drug-likeness (QED) is 0.659. The monoisotopic (exact) mass is 498 g/mol. The molecule has 1 aliphatic carbocycles. The Kier molecular flexibility index (Phi) is 6.77. The third kappa shape index (κ3) is 4.91. The summed E-state index contributed by atoms with van der Waals surface area (Å²) in [7, 11) is -2.04. The number of piperidine rings is 1. The number of benzene rings is 2. The minimum atomic E-state index is -3.59. The van der Waals surface area contributed by atoms with Gasteiger partial charge in [-0.05, 0) is 68.9 Å². The lowest BCUT2D eigenvalue weighted by Crippen LogP contribution is -2.48. The van der Waals surface area contributed by atoms with Crippen LogP contribution in [0.4, 0.5) is 0 Å². The van der Waals surface area contributed by atoms with Crippen molar-refractivity contribution in [1.29, 1.82) is 0 Å². The SMILES string of the molecule is COc1ccc(S(=O)(=O)N2CCC(C(=O)N[C@@H]3CC4(CCCCC4)Oc4ccccc43)CC2)cc1. The molecule has 188 valence electrons. The number of nitrogens with zero attached hydrogens (tertiary/aromatic N) is 1. The van der Waals surface area contributed by atoms with E-state index in [-0.39, 0.29) is 28.4 Å². The van der Waals surface area contributed by atoms with Crippen molar-refractivity contribution in [3.63, 3.8) is 0 Å². The molecule has 5 rings (SSSR count). The predicted octanol–water partition coefficient (Wildman–Crippen LogP) is 4.44. The number of fused-ring (bicyclic) bond motifs is 1. The Balaban J connectivity index is 1.24. The van der Waals surface area contributed by atoms with Crippen molar-refractivity contribution >= 4 is 15.9 Å². The second-order valence-corrected chi connectivity index (χ2v) is 11.9. The second kappa shape index (κ2) is 9.82. The zero-order valence-electron chi connectivity index (χ0n) is 20.2. The van der Waals surface area contributed by atoms with E-state index in [4.69, 9.17) is 9.47 Å². The number of hydrogen-bond acceptors (Lipinski definition) is 5. The lowest BCUT2D eigenvalue weighted by Gasteiger charge is -2.45. The van der Waals surface area contributed by atoms with Gasteiger partial charge < -0.3 is 14.8 Å². The van der Waals surface area contributed by atoms with E-state index in [9.17, 15) is 13.2 Å². The Morgan fingerprint density at radius 3 is 2.40 bits per heavy atom. The van der Waals surface area contributed by atoms with E-state index in [1.807, 2.05) is 24.3 Å². The van der Waals surface area contributed by atoms with Crippen LogP contribution < -0.4 is 14.8 Å². The predicted molar refractivity (Wildman–Crippen MR) is 133 cm³/mol. The van der Waals surface area contributed by atoms with Crippen molar-refractivity contribution in [3.05, 3.63) is 54.1 Å². The number of rotatable bonds is 5. The lowest BCUT2D eigenvalue weighted by atomic mass is 9.77. The topological polar surface area (TPSA) is 84.9 Å². The number of methoxy groups -OCH3 is 1. The number of sulfonamides is 1. The summed E-state index contributed by atoms with van der Waals surface area (Å²) in [5.41, 5.74) is 0.844. The van der Waals surface area contributed by atoms with Crippen LogP contribution in [0.1, 0.15) is 63.0 Å². The van der Waals surface area contributed by atoms with Crippen molar-refractivity contribution in [2.45, 2.75) is 67.9 Å². The smallest absolute Gasteiger partial charge is 0.243 e. The van der Waals surface area contributed by atoms with Gasteiger partial charge in [0.15, 0.2) is 0 Å². The summed E-state index contributed by atoms with van der Waals surface area (Å²) < 4.78 is 39.2. The Bertz CT molecular complexity index is 1150. The fourth-order valence-corrected chi connectivity index (χ4v) is 7.26. The van der Waals surface area contributed by atoms with Gasteiger partial charge in [-0.25, -0.2) is 8.42 Å². The standard InChI is InChI=1S/C27H34N2O5S/c1-33-21-9-11-22(12-10-21)35(31,32)29-17-13-20(14-18-29)26(30)28-24-19-27(15-5-2-6-16-27)34-25-8-4-3-7-23(24)25/h3-4,7-12,20,24H,2,5-6,13-19H2,1H3,(H,28,30)/t24-/m1/s1. The minimum absolute atomic E-state index is 0.0131. The van der Waals surface area contributed by atoms with Crippen LogP contribution in [-0.4, -0.2) is 44.4 Å². The van der Waals surface area contributed by atoms with Crippen LogP contribution in [0.3, 0.4) is 0 Å². The minimum Gasteiger partial charge on any atom is -0.497 e. The van der Waals surface area contributed by atoms with Crippen molar-refractivity contribution in [1.82, 2.24) is 9.62 Å². The number of para-hydroxylation sites is 1. The van der Waals surface area contributed by atoms with Crippen LogP contribution in [0.15, 0.2) is 53.4 Å². The fraction of sp³-hybridized carbons (Fsp3) is 0.519. The Morgan fingerprint density at radius 2 is 1.71 bits per heavy atom. The lowest BCUT2D eigenvalue weighted by molar-refractivity contribution is -0.127. The molecule has 2 heterocycles. The first kappa shape index (κ1) is 24.1. The number of carbonyl (C=O) groups is 1. The highest BCUT2D eigenvalue weighted by atomic mass is 32.2. The van der Waals surface area contributed by atoms with Gasteiger partial charge in [0.05, 0.1) is 18.0 Å². The van der Waals surface area contributed by atoms with Crippen LogP contribution in [0.25, 0.3) is 0 Å². The molecule has 3 aliphatic rings. The third-order valence-corrected chi connectivity index (χ3v) is 9.71. The summed E-state index contributed by atoms with van der Waals surface area (Å²) in [6.07, 6.45) is 7.41. The van der Waals surface area contributed by atoms with E-state index in [1.54, 1.807) is 31.4 Å². The van der Waals surface area contributed by atoms with E-state index < -0.39 is 10.0 Å². The number of ether oxygens (including phenoxy) is 2. The van der Waals surface area contributed by atoms with Crippen molar-refractivity contribution in [2.75, 3.05) is 20.2 Å². The molecular formula is C27H34N2O5S. The Hall–Kier alpha value is -2.58. The average Bonchev–Trinajstić information content (AvgIpc) is 2.89. The third-order valence-electron chi connectivity index (χ3n) is 7.80. The Morgan fingerprint density at radius 1 is 1.03 bits per heavy atom. The molecule has 2 aliphatic heterocycles. The largest absolute Gasteiger partial charge is 0.497 e. The van der Waals surface area contributed by atoms with Crippen LogP contribution in [0, 0.1) is 5.92 Å². The van der Waals surface area contributed by atoms with Crippen LogP contribution in [0.2, 0.25) is 0 Å². The number of carbonyl (C=O) groups excluding carboxylic acids is 1. The summed E-state index contributed by atoms with van der Waals surface area (Å²) in [4.78, 5) is 13.6. The number of hydrogen-bond donors (Lipinski definition) is 1. The van der Waals surface area contributed by atoms with Crippen LogP contribution in [0.5, 0.6) is 11.5 Å². The highest BCUT2D eigenvalue weighted by Gasteiger charge is 2.43. The number of amides is 1. The first-order valence-electron chi connectivity index (χ1n) is 12.6. The van der Waals surface area contributed by atoms with Crippen molar-refractivity contribution < 1.29 is 22.7 Å². The molecule has 0 unspecified atom stereocenters. The summed E-state index contributed by atoms with van der Waals surface area (Å²) in [5.74, 6) is 1.31. The molecule has 8 heteroatoms. The normalized spacial score (nSPS) is 22.7. The molecular weight excluding hydrogens is 464 g/mol. The van der Waals surface area contributed by atoms with Crippen molar-refractivity contribution in [2.24, 2.45) is 5.92 Å². The Labute approximate surface area is 207 Å². The molecule has 2 aromatic rings. The zero-order chi connectivity index (χ0) is 24.5. The van der Waals surface area contributed by atoms with Gasteiger partial charge in [0.1, 0.15) is 17.1 Å². The molecule has 0 aromatic heterocycles. The highest BCUT2D eigenvalue weighted by molar-refractivity contribution is 7.89. The van der Waals surface area contributed by atoms with E-state index in [2.05, 4.69) is 5.32 Å². The second-order valence-electron chi connectivity index (χ2n) is 10.0. The summed E-state index contributed by atoms with van der Waals surface area (Å²) in [6.45, 7) is 0.668. The molecule has 1 N–H and O–H groups in total. The molecule has 7 nitrogen and oxygen atoms in total. The molecule has 1 amide bonds. The fourth-order valence-electron chi connectivity index (χ4n) is 5.79. The molecule has 1 saturated heterocycles. The van der Waals surface area contributed by atoms with Gasteiger partial charge in [-0.1, -0.05) is 24.6 Å². The van der Waals surface area contributed by atoms with Gasteiger partial charge in [-0.3, -0.25) is 4.79 Å². The maximum Gasteiger partial charge on any atom is 0.243 e. The summed E-state index contributed by atoms with van der Waals surface area (Å²) >= 11 is 0. The zero-order valence-corrected chi connectivity index (χ0v) is 21.1. The summed E-state index contributed by atoms with van der Waals surface area (Å²) in [5, 5.41) is 3.31. The maximum atomic E-state index is 13.3. The number of nitrogens with one attached hydrogen (secondary N) is 1. The van der Waals surface area contributed by atoms with E-state index in [1.165, 1.54) is 10.7 Å². The van der Waals surface area contributed by atoms with E-state index in [0.29, 0.717) is 31.7 Å². The van der Waals surface area contributed by atoms with Gasteiger partial charge in [0.2, 0.25) is 15.9 Å². The van der Waals surface area contributed by atoms with E-state index >= 15 is 0 Å². The molecule has 1 saturated carbocycles. The van der Waals surface area contributed by atoms with Crippen LogP contribution >= 0.6 is 0 Å². The van der Waals surface area contributed by atoms with Crippen LogP contribution in [-0.2, 0) is 14.8 Å². The van der Waals surface area contributed by atoms with E-state index in [0.717, 1.165) is 43.4 Å². The average molecular weight is 499 g/mol. The molecule has 2 fully saturated rings. The molecule has 1 spiro atoms. The van der Waals surface area contributed by atoms with Crippen molar-refractivity contribution in [3.8, 4) is 11.5 Å². The van der Waals surface area contributed by atoms with Gasteiger partial charge in [0.25, 0.3) is 0 Å². The summed E-state index contributed by atoms with van der Waals surface area (Å²) in [6, 6.07) is 14.4. The van der Waals surface area contributed by atoms with Gasteiger partial charge in [0, 0.05) is 31.0 Å². The maximum absolute atomic E-state index is 13.3. The van der Waals surface area contributed by atoms with Gasteiger partial charge >= 0.3 is 0 Å². The van der Waals surface area contributed by atoms with Gasteiger partial charge in [-0.15, -0.1) is 0 Å². The molecule has 2 aromatic carbocycles. The first-order chi connectivity index (χ1) is 16.9. The highest BCUT2D eigenvalue weighted by Crippen LogP contribution is 2.46. The molecule has 0 radical (unpaired) electrons. The van der Waals surface area contributed by atoms with Gasteiger partial charge in [-0.2, -0.15) is 4.31 Å². The molecule has 35 heavy (non-hydrogen) atoms. The molecule has 0 bridgehead atoms. The molecule has 1 atom stereocenters. The first-order valence-corrected chi connectivity index (χ1v) is 14.1.